The molecule has 2 aromatic rings. The van der Waals surface area contributed by atoms with Crippen molar-refractivity contribution in [1.29, 1.82) is 0 Å². The second kappa shape index (κ2) is 7.07. The number of halogens is 2. The van der Waals surface area contributed by atoms with E-state index in [-0.39, 0.29) is 23.2 Å². The molecule has 0 aliphatic carbocycles. The number of amides is 1. The third-order valence-corrected chi connectivity index (χ3v) is 4.32. The SMILES string of the molecule is CCCN1C(=O)C(=O)/C(=C(\O)c2ccc(F)cc2)C1c1ccccc1F. The van der Waals surface area contributed by atoms with Gasteiger partial charge in [-0.3, -0.25) is 9.59 Å². The van der Waals surface area contributed by atoms with Gasteiger partial charge in [0.25, 0.3) is 11.7 Å². The Bertz CT molecular complexity index is 890. The van der Waals surface area contributed by atoms with Crippen LogP contribution in [0.2, 0.25) is 0 Å². The van der Waals surface area contributed by atoms with Gasteiger partial charge in [-0.2, -0.15) is 0 Å². The van der Waals surface area contributed by atoms with Crippen LogP contribution in [0.5, 0.6) is 0 Å². The average molecular weight is 357 g/mol. The monoisotopic (exact) mass is 357 g/mol. The van der Waals surface area contributed by atoms with Crippen molar-refractivity contribution < 1.29 is 23.5 Å². The lowest BCUT2D eigenvalue weighted by molar-refractivity contribution is -0.139. The first-order valence-electron chi connectivity index (χ1n) is 8.24. The molecule has 1 heterocycles. The maximum absolute atomic E-state index is 14.4. The number of Topliss-reactive ketones (excluding diaryl/α,β-unsaturated/α-hetero) is 1. The molecule has 1 saturated heterocycles. The number of likely N-dealkylation sites (tertiary alicyclic amines) is 1. The third-order valence-electron chi connectivity index (χ3n) is 4.32. The Balaban J connectivity index is 2.21. The first-order valence-corrected chi connectivity index (χ1v) is 8.24. The fraction of sp³-hybridized carbons (Fsp3) is 0.200. The predicted octanol–water partition coefficient (Wildman–Crippen LogP) is 3.80. The van der Waals surface area contributed by atoms with Crippen molar-refractivity contribution in [3.63, 3.8) is 0 Å². The molecule has 4 nitrogen and oxygen atoms in total. The summed E-state index contributed by atoms with van der Waals surface area (Å²) in [6.45, 7) is 2.07. The number of carbonyl (C=O) groups is 2. The first-order chi connectivity index (χ1) is 12.5. The molecule has 2 aromatic carbocycles. The van der Waals surface area contributed by atoms with E-state index >= 15 is 0 Å². The van der Waals surface area contributed by atoms with Crippen LogP contribution in [0.3, 0.4) is 0 Å². The van der Waals surface area contributed by atoms with Crippen LogP contribution in [0.15, 0.2) is 54.1 Å². The van der Waals surface area contributed by atoms with Gasteiger partial charge in [0.05, 0.1) is 11.6 Å². The summed E-state index contributed by atoms with van der Waals surface area (Å²) < 4.78 is 27.5. The van der Waals surface area contributed by atoms with Crippen LogP contribution in [0.4, 0.5) is 8.78 Å². The van der Waals surface area contributed by atoms with E-state index in [1.165, 1.54) is 35.2 Å². The number of benzene rings is 2. The summed E-state index contributed by atoms with van der Waals surface area (Å²) in [6, 6.07) is 9.66. The third kappa shape index (κ3) is 2.98. The number of hydrogen-bond donors (Lipinski definition) is 1. The van der Waals surface area contributed by atoms with Gasteiger partial charge in [0.15, 0.2) is 0 Å². The summed E-state index contributed by atoms with van der Waals surface area (Å²) in [4.78, 5) is 26.3. The van der Waals surface area contributed by atoms with E-state index in [4.69, 9.17) is 0 Å². The van der Waals surface area contributed by atoms with E-state index in [2.05, 4.69) is 0 Å². The second-order valence-electron chi connectivity index (χ2n) is 6.02. The van der Waals surface area contributed by atoms with Crippen LogP contribution in [-0.2, 0) is 9.59 Å². The van der Waals surface area contributed by atoms with Gasteiger partial charge in [-0.25, -0.2) is 8.78 Å². The maximum atomic E-state index is 14.4. The number of rotatable bonds is 4. The standard InChI is InChI=1S/C20H17F2NO3/c1-2-11-23-17(14-5-3-4-6-15(14)22)16(19(25)20(23)26)18(24)12-7-9-13(21)10-8-12/h3-10,17,24H,2,11H2,1H3/b18-16-. The van der Waals surface area contributed by atoms with Crippen LogP contribution in [0, 0.1) is 11.6 Å². The first kappa shape index (κ1) is 17.8. The van der Waals surface area contributed by atoms with Gasteiger partial charge in [0, 0.05) is 17.7 Å². The summed E-state index contributed by atoms with van der Waals surface area (Å²) in [5.41, 5.74) is 0.117. The summed E-state index contributed by atoms with van der Waals surface area (Å²) >= 11 is 0. The van der Waals surface area contributed by atoms with Crippen LogP contribution in [-0.4, -0.2) is 28.2 Å². The molecule has 1 unspecified atom stereocenters. The quantitative estimate of drug-likeness (QED) is 0.514. The number of aliphatic hydroxyl groups is 1. The molecule has 1 fully saturated rings. The Kier molecular flexibility index (Phi) is 4.84. The Morgan fingerprint density at radius 3 is 2.35 bits per heavy atom. The van der Waals surface area contributed by atoms with E-state index in [9.17, 15) is 23.5 Å². The molecule has 26 heavy (non-hydrogen) atoms. The van der Waals surface area contributed by atoms with Crippen LogP contribution in [0.1, 0.15) is 30.5 Å². The molecule has 1 aliphatic rings. The zero-order valence-corrected chi connectivity index (χ0v) is 14.1. The predicted molar refractivity (Wildman–Crippen MR) is 92.1 cm³/mol. The van der Waals surface area contributed by atoms with Gasteiger partial charge in [-0.15, -0.1) is 0 Å². The van der Waals surface area contributed by atoms with Crippen molar-refractivity contribution in [1.82, 2.24) is 4.90 Å². The average Bonchev–Trinajstić information content (AvgIpc) is 2.87. The van der Waals surface area contributed by atoms with Crippen molar-refractivity contribution >= 4 is 17.4 Å². The van der Waals surface area contributed by atoms with Gasteiger partial charge in [-0.1, -0.05) is 25.1 Å². The lowest BCUT2D eigenvalue weighted by Gasteiger charge is -2.25. The molecule has 134 valence electrons. The van der Waals surface area contributed by atoms with Crippen molar-refractivity contribution in [2.45, 2.75) is 19.4 Å². The van der Waals surface area contributed by atoms with Crippen LogP contribution in [0.25, 0.3) is 5.76 Å². The molecule has 0 spiro atoms. The summed E-state index contributed by atoms with van der Waals surface area (Å²) in [5, 5.41) is 10.6. The molecule has 1 aliphatic heterocycles. The van der Waals surface area contributed by atoms with Gasteiger partial charge in [0.1, 0.15) is 17.4 Å². The van der Waals surface area contributed by atoms with Crippen molar-refractivity contribution in [3.05, 3.63) is 76.9 Å². The highest BCUT2D eigenvalue weighted by atomic mass is 19.1. The van der Waals surface area contributed by atoms with E-state index in [0.717, 1.165) is 12.1 Å². The highest BCUT2D eigenvalue weighted by Gasteiger charge is 2.46. The normalized spacial score (nSPS) is 19.2. The smallest absolute Gasteiger partial charge is 0.295 e. The van der Waals surface area contributed by atoms with Crippen LogP contribution < -0.4 is 0 Å². The molecule has 0 aromatic heterocycles. The van der Waals surface area contributed by atoms with Gasteiger partial charge in [-0.05, 0) is 36.8 Å². The molecule has 0 bridgehead atoms. The van der Waals surface area contributed by atoms with Gasteiger partial charge < -0.3 is 10.0 Å². The summed E-state index contributed by atoms with van der Waals surface area (Å²) in [5.74, 6) is -3.20. The minimum Gasteiger partial charge on any atom is -0.507 e. The van der Waals surface area contributed by atoms with E-state index < -0.39 is 35.1 Å². The highest BCUT2D eigenvalue weighted by Crippen LogP contribution is 2.40. The minimum atomic E-state index is -1.03. The highest BCUT2D eigenvalue weighted by molar-refractivity contribution is 6.46. The number of nitrogens with zero attached hydrogens (tertiary/aromatic N) is 1. The second-order valence-corrected chi connectivity index (χ2v) is 6.02. The van der Waals surface area contributed by atoms with Crippen molar-refractivity contribution in [2.75, 3.05) is 6.54 Å². The van der Waals surface area contributed by atoms with Crippen molar-refractivity contribution in [2.24, 2.45) is 0 Å². The van der Waals surface area contributed by atoms with E-state index in [0.29, 0.717) is 6.42 Å². The largest absolute Gasteiger partial charge is 0.507 e. The zero-order valence-electron chi connectivity index (χ0n) is 14.1. The van der Waals surface area contributed by atoms with E-state index in [1.54, 1.807) is 6.07 Å². The zero-order chi connectivity index (χ0) is 18.8. The Morgan fingerprint density at radius 2 is 1.73 bits per heavy atom. The Hall–Kier alpha value is -3.02. The molecule has 0 saturated carbocycles. The number of aliphatic hydroxyl groups excluding tert-OH is 1. The Morgan fingerprint density at radius 1 is 1.08 bits per heavy atom. The Labute approximate surface area is 149 Å². The fourth-order valence-electron chi connectivity index (χ4n) is 3.13. The molecule has 3 rings (SSSR count). The molecule has 1 atom stereocenters. The number of carbonyl (C=O) groups excluding carboxylic acids is 2. The molecule has 1 amide bonds. The van der Waals surface area contributed by atoms with Crippen molar-refractivity contribution in [3.8, 4) is 0 Å². The molecular formula is C20H17F2NO3. The maximum Gasteiger partial charge on any atom is 0.295 e. The summed E-state index contributed by atoms with van der Waals surface area (Å²) in [6.07, 6.45) is 0.564. The van der Waals surface area contributed by atoms with Crippen LogP contribution >= 0.6 is 0 Å². The molecule has 1 N–H and O–H groups in total. The fourth-order valence-corrected chi connectivity index (χ4v) is 3.13. The lowest BCUT2D eigenvalue weighted by Crippen LogP contribution is -2.30. The summed E-state index contributed by atoms with van der Waals surface area (Å²) in [7, 11) is 0. The van der Waals surface area contributed by atoms with E-state index in [1.807, 2.05) is 6.92 Å². The number of hydrogen-bond acceptors (Lipinski definition) is 3. The molecular weight excluding hydrogens is 340 g/mol. The topological polar surface area (TPSA) is 57.6 Å². The molecule has 6 heteroatoms. The van der Waals surface area contributed by atoms with Gasteiger partial charge >= 0.3 is 0 Å². The lowest BCUT2D eigenvalue weighted by atomic mass is 9.95. The molecule has 0 radical (unpaired) electrons. The van der Waals surface area contributed by atoms with Gasteiger partial charge in [0.2, 0.25) is 0 Å². The minimum absolute atomic E-state index is 0.129. The number of ketones is 1.